The van der Waals surface area contributed by atoms with Crippen LogP contribution in [0.25, 0.3) is 0 Å². The first-order valence-electron chi connectivity index (χ1n) is 5.81. The Morgan fingerprint density at radius 3 is 2.52 bits per heavy atom. The van der Waals surface area contributed by atoms with Gasteiger partial charge in [-0.1, -0.05) is 0 Å². The maximum atomic E-state index is 11.6. The molecule has 0 saturated carbocycles. The fourth-order valence-corrected chi connectivity index (χ4v) is 1.76. The maximum absolute atomic E-state index is 11.6. The average Bonchev–Trinajstić information content (AvgIpc) is 2.92. The normalized spacial score (nSPS) is 9.71. The summed E-state index contributed by atoms with van der Waals surface area (Å²) in [4.78, 5) is 23.2. The average molecular weight is 349 g/mol. The zero-order valence-corrected chi connectivity index (χ0v) is 12.2. The molecule has 1 N–H and O–H groups in total. The number of anilines is 1. The summed E-state index contributed by atoms with van der Waals surface area (Å²) >= 11 is 3.06. The summed E-state index contributed by atoms with van der Waals surface area (Å²) in [7, 11) is 0. The van der Waals surface area contributed by atoms with Crippen LogP contribution in [0.1, 0.15) is 16.1 Å². The van der Waals surface area contributed by atoms with E-state index in [2.05, 4.69) is 21.2 Å². The van der Waals surface area contributed by atoms with Gasteiger partial charge in [-0.3, -0.25) is 4.79 Å². The van der Waals surface area contributed by atoms with Crippen LogP contribution in [-0.2, 0) is 9.53 Å². The second-order valence-corrected chi connectivity index (χ2v) is 4.70. The van der Waals surface area contributed by atoms with Gasteiger partial charge in [0.15, 0.2) is 11.3 Å². The standard InChI is InChI=1S/C14H9BrN2O4/c15-12-6-5-11(21-12)14(19)20-8-13(18)17-10-3-1-9(7-16)2-4-10/h1-6H,8H2,(H,17,18). The number of nitrogens with one attached hydrogen (secondary N) is 1. The zero-order chi connectivity index (χ0) is 15.2. The third-order valence-electron chi connectivity index (χ3n) is 2.41. The molecule has 0 spiro atoms. The molecule has 1 aromatic carbocycles. The molecule has 0 unspecified atom stereocenters. The molecule has 0 aliphatic rings. The minimum Gasteiger partial charge on any atom is -0.450 e. The molecule has 0 bridgehead atoms. The van der Waals surface area contributed by atoms with E-state index < -0.39 is 18.5 Å². The van der Waals surface area contributed by atoms with Gasteiger partial charge in [-0.2, -0.15) is 5.26 Å². The highest BCUT2D eigenvalue weighted by Gasteiger charge is 2.14. The highest BCUT2D eigenvalue weighted by molar-refractivity contribution is 9.10. The molecule has 1 amide bonds. The van der Waals surface area contributed by atoms with Crippen molar-refractivity contribution in [1.29, 1.82) is 5.26 Å². The van der Waals surface area contributed by atoms with Gasteiger partial charge in [0.1, 0.15) is 0 Å². The number of amides is 1. The van der Waals surface area contributed by atoms with Gasteiger partial charge in [-0.25, -0.2) is 4.79 Å². The molecule has 0 aliphatic carbocycles. The number of nitrogens with zero attached hydrogens (tertiary/aromatic N) is 1. The largest absolute Gasteiger partial charge is 0.450 e. The van der Waals surface area contributed by atoms with E-state index in [1.165, 1.54) is 6.07 Å². The number of ether oxygens (including phenoxy) is 1. The number of carbonyl (C=O) groups excluding carboxylic acids is 2. The van der Waals surface area contributed by atoms with Crippen LogP contribution in [0.5, 0.6) is 0 Å². The molecule has 6 nitrogen and oxygen atoms in total. The molecule has 0 radical (unpaired) electrons. The first-order chi connectivity index (χ1) is 10.1. The summed E-state index contributed by atoms with van der Waals surface area (Å²) in [5.74, 6) is -1.21. The van der Waals surface area contributed by atoms with Gasteiger partial charge in [0.25, 0.3) is 5.91 Å². The second-order valence-electron chi connectivity index (χ2n) is 3.92. The third-order valence-corrected chi connectivity index (χ3v) is 2.83. The topological polar surface area (TPSA) is 92.3 Å². The van der Waals surface area contributed by atoms with E-state index in [0.717, 1.165) is 0 Å². The first-order valence-corrected chi connectivity index (χ1v) is 6.60. The van der Waals surface area contributed by atoms with E-state index in [4.69, 9.17) is 14.4 Å². The van der Waals surface area contributed by atoms with Crippen LogP contribution in [0.3, 0.4) is 0 Å². The fraction of sp³-hybridized carbons (Fsp3) is 0.0714. The minimum absolute atomic E-state index is 0.00745. The van der Waals surface area contributed by atoms with Crippen molar-refractivity contribution in [2.45, 2.75) is 0 Å². The monoisotopic (exact) mass is 348 g/mol. The predicted molar refractivity (Wildman–Crippen MR) is 76.5 cm³/mol. The Morgan fingerprint density at radius 1 is 1.24 bits per heavy atom. The Hall–Kier alpha value is -2.59. The summed E-state index contributed by atoms with van der Waals surface area (Å²) in [6.45, 7) is -0.433. The van der Waals surface area contributed by atoms with Crippen molar-refractivity contribution in [3.63, 3.8) is 0 Å². The van der Waals surface area contributed by atoms with Crippen LogP contribution < -0.4 is 5.32 Å². The second kappa shape index (κ2) is 6.72. The highest BCUT2D eigenvalue weighted by atomic mass is 79.9. The lowest BCUT2D eigenvalue weighted by Gasteiger charge is -2.05. The van der Waals surface area contributed by atoms with Crippen LogP contribution in [-0.4, -0.2) is 18.5 Å². The first kappa shape index (κ1) is 14.8. The van der Waals surface area contributed by atoms with Crippen molar-refractivity contribution >= 4 is 33.5 Å². The fourth-order valence-electron chi connectivity index (χ4n) is 1.45. The molecule has 0 saturated heterocycles. The van der Waals surface area contributed by atoms with Crippen molar-refractivity contribution in [3.05, 3.63) is 52.4 Å². The van der Waals surface area contributed by atoms with Crippen LogP contribution in [0.4, 0.5) is 5.69 Å². The van der Waals surface area contributed by atoms with Gasteiger partial charge in [-0.15, -0.1) is 0 Å². The van der Waals surface area contributed by atoms with Crippen molar-refractivity contribution in [1.82, 2.24) is 0 Å². The molecule has 21 heavy (non-hydrogen) atoms. The van der Waals surface area contributed by atoms with Crippen LogP contribution in [0.15, 0.2) is 45.5 Å². The van der Waals surface area contributed by atoms with Crippen LogP contribution >= 0.6 is 15.9 Å². The number of esters is 1. The number of benzene rings is 1. The molecule has 0 aliphatic heterocycles. The number of halogens is 1. The number of hydrogen-bond donors (Lipinski definition) is 1. The van der Waals surface area contributed by atoms with Gasteiger partial charge in [0, 0.05) is 5.69 Å². The molecule has 2 rings (SSSR count). The maximum Gasteiger partial charge on any atom is 0.374 e. The summed E-state index contributed by atoms with van der Waals surface area (Å²) in [5.41, 5.74) is 0.999. The van der Waals surface area contributed by atoms with E-state index in [1.54, 1.807) is 30.3 Å². The van der Waals surface area contributed by atoms with Crippen molar-refractivity contribution in [2.75, 3.05) is 11.9 Å². The molecular weight excluding hydrogens is 340 g/mol. The van der Waals surface area contributed by atoms with Crippen molar-refractivity contribution in [2.24, 2.45) is 0 Å². The number of rotatable bonds is 4. The summed E-state index contributed by atoms with van der Waals surface area (Å²) < 4.78 is 10.2. The predicted octanol–water partition coefficient (Wildman–Crippen LogP) is 2.71. The Bertz CT molecular complexity index is 701. The molecule has 7 heteroatoms. The SMILES string of the molecule is N#Cc1ccc(NC(=O)COC(=O)c2ccc(Br)o2)cc1. The minimum atomic E-state index is -0.726. The summed E-state index contributed by atoms with van der Waals surface area (Å²) in [6.07, 6.45) is 0. The molecule has 2 aromatic rings. The Balaban J connectivity index is 1.84. The van der Waals surface area contributed by atoms with E-state index in [1.807, 2.05) is 6.07 Å². The molecule has 0 fully saturated rings. The molecule has 106 valence electrons. The van der Waals surface area contributed by atoms with E-state index >= 15 is 0 Å². The van der Waals surface area contributed by atoms with E-state index in [0.29, 0.717) is 15.9 Å². The van der Waals surface area contributed by atoms with Gasteiger partial charge in [-0.05, 0) is 52.3 Å². The summed E-state index contributed by atoms with van der Waals surface area (Å²) in [6, 6.07) is 11.3. The van der Waals surface area contributed by atoms with Crippen LogP contribution in [0.2, 0.25) is 0 Å². The molecule has 0 atom stereocenters. The smallest absolute Gasteiger partial charge is 0.374 e. The van der Waals surface area contributed by atoms with Gasteiger partial charge < -0.3 is 14.5 Å². The van der Waals surface area contributed by atoms with Crippen molar-refractivity contribution < 1.29 is 18.7 Å². The number of hydrogen-bond acceptors (Lipinski definition) is 5. The quantitative estimate of drug-likeness (QED) is 0.857. The Morgan fingerprint density at radius 2 is 1.95 bits per heavy atom. The lowest BCUT2D eigenvalue weighted by atomic mass is 10.2. The van der Waals surface area contributed by atoms with E-state index in [-0.39, 0.29) is 5.76 Å². The molecular formula is C14H9BrN2O4. The Labute approximate surface area is 128 Å². The van der Waals surface area contributed by atoms with E-state index in [9.17, 15) is 9.59 Å². The van der Waals surface area contributed by atoms with Gasteiger partial charge >= 0.3 is 5.97 Å². The molecule has 1 heterocycles. The lowest BCUT2D eigenvalue weighted by molar-refractivity contribution is -0.119. The number of nitriles is 1. The summed E-state index contributed by atoms with van der Waals surface area (Å²) in [5, 5.41) is 11.2. The lowest BCUT2D eigenvalue weighted by Crippen LogP contribution is -2.20. The zero-order valence-electron chi connectivity index (χ0n) is 10.6. The number of carbonyl (C=O) groups is 2. The Kier molecular flexibility index (Phi) is 4.74. The third kappa shape index (κ3) is 4.19. The number of furan rings is 1. The highest BCUT2D eigenvalue weighted by Crippen LogP contribution is 2.15. The van der Waals surface area contributed by atoms with Crippen molar-refractivity contribution in [3.8, 4) is 6.07 Å². The van der Waals surface area contributed by atoms with Crippen LogP contribution in [0, 0.1) is 11.3 Å². The van der Waals surface area contributed by atoms with Gasteiger partial charge in [0.05, 0.1) is 11.6 Å². The van der Waals surface area contributed by atoms with Gasteiger partial charge in [0.2, 0.25) is 5.76 Å². The molecule has 1 aromatic heterocycles.